The molecule has 2 aromatic carbocycles. The Labute approximate surface area is 198 Å². The molecule has 11 heteroatoms. The number of benzene rings is 2. The van der Waals surface area contributed by atoms with E-state index in [-0.39, 0.29) is 47.6 Å². The van der Waals surface area contributed by atoms with E-state index in [4.69, 9.17) is 5.73 Å². The fraction of sp³-hybridized carbons (Fsp3) is 0.250. The van der Waals surface area contributed by atoms with Crippen molar-refractivity contribution >= 4 is 22.6 Å². The fourth-order valence-corrected chi connectivity index (χ4v) is 4.29. The highest BCUT2D eigenvalue weighted by atomic mass is 19.1. The molecule has 0 bridgehead atoms. The van der Waals surface area contributed by atoms with Crippen LogP contribution in [0.5, 0.6) is 0 Å². The fourth-order valence-electron chi connectivity index (χ4n) is 4.29. The molecule has 0 saturated carbocycles. The number of nitrogens with zero attached hydrogens (tertiary/aromatic N) is 5. The van der Waals surface area contributed by atoms with Crippen molar-refractivity contribution in [1.82, 2.24) is 24.2 Å². The molecule has 2 aromatic heterocycles. The smallest absolute Gasteiger partial charge is 0.264 e. The minimum atomic E-state index is -1.21. The van der Waals surface area contributed by atoms with Gasteiger partial charge in [0.15, 0.2) is 5.65 Å². The van der Waals surface area contributed by atoms with Crippen LogP contribution >= 0.6 is 0 Å². The highest BCUT2D eigenvalue weighted by Crippen LogP contribution is 2.25. The van der Waals surface area contributed by atoms with Gasteiger partial charge < -0.3 is 15.7 Å². The van der Waals surface area contributed by atoms with Crippen molar-refractivity contribution in [3.05, 3.63) is 82.5 Å². The Morgan fingerprint density at radius 1 is 1.11 bits per heavy atom. The first kappa shape index (κ1) is 22.7. The molecule has 180 valence electrons. The van der Waals surface area contributed by atoms with Crippen LogP contribution in [0.15, 0.2) is 59.8 Å². The third kappa shape index (κ3) is 4.26. The summed E-state index contributed by atoms with van der Waals surface area (Å²) in [6.45, 7) is 0.587. The SMILES string of the molecule is Nc1cc(-n2ncc3c(=O)n(CC4(O)CCN(C(=O)c5ccc(F)cc5)CC4)cnc32)ccc1F. The van der Waals surface area contributed by atoms with Crippen molar-refractivity contribution in [2.45, 2.75) is 25.0 Å². The van der Waals surface area contributed by atoms with Gasteiger partial charge in [0.2, 0.25) is 0 Å². The summed E-state index contributed by atoms with van der Waals surface area (Å²) in [7, 11) is 0. The van der Waals surface area contributed by atoms with Crippen LogP contribution in [0, 0.1) is 11.6 Å². The van der Waals surface area contributed by atoms with Crippen LogP contribution < -0.4 is 11.3 Å². The van der Waals surface area contributed by atoms with E-state index >= 15 is 0 Å². The molecule has 0 atom stereocenters. The van der Waals surface area contributed by atoms with E-state index < -0.39 is 17.2 Å². The van der Waals surface area contributed by atoms with Gasteiger partial charge in [-0.2, -0.15) is 5.10 Å². The molecule has 3 heterocycles. The number of nitrogens with two attached hydrogens (primary N) is 1. The van der Waals surface area contributed by atoms with E-state index in [9.17, 15) is 23.5 Å². The molecule has 0 aliphatic carbocycles. The highest BCUT2D eigenvalue weighted by Gasteiger charge is 2.35. The predicted molar refractivity (Wildman–Crippen MR) is 124 cm³/mol. The second kappa shape index (κ2) is 8.58. The molecule has 0 radical (unpaired) electrons. The first-order valence-corrected chi connectivity index (χ1v) is 11.0. The van der Waals surface area contributed by atoms with Gasteiger partial charge in [0, 0.05) is 18.7 Å². The second-order valence-electron chi connectivity index (χ2n) is 8.70. The number of nitrogen functional groups attached to an aromatic ring is 1. The molecular formula is C24H22F2N6O3. The lowest BCUT2D eigenvalue weighted by Crippen LogP contribution is -2.49. The maximum atomic E-state index is 13.5. The summed E-state index contributed by atoms with van der Waals surface area (Å²) in [4.78, 5) is 31.7. The van der Waals surface area contributed by atoms with Crippen molar-refractivity contribution in [1.29, 1.82) is 0 Å². The number of hydrogen-bond donors (Lipinski definition) is 2. The lowest BCUT2D eigenvalue weighted by molar-refractivity contribution is -0.0299. The predicted octanol–water partition coefficient (Wildman–Crippen LogP) is 2.11. The molecule has 1 aliphatic rings. The monoisotopic (exact) mass is 480 g/mol. The van der Waals surface area contributed by atoms with Crippen LogP contribution in [0.3, 0.4) is 0 Å². The maximum Gasteiger partial charge on any atom is 0.264 e. The zero-order chi connectivity index (χ0) is 24.7. The summed E-state index contributed by atoms with van der Waals surface area (Å²) in [5, 5.41) is 15.6. The molecule has 1 fully saturated rings. The molecule has 3 N–H and O–H groups in total. The number of carbonyl (C=O) groups excluding carboxylic acids is 1. The van der Waals surface area contributed by atoms with Crippen molar-refractivity contribution in [3.8, 4) is 5.69 Å². The number of aliphatic hydroxyl groups is 1. The van der Waals surface area contributed by atoms with Crippen molar-refractivity contribution < 1.29 is 18.7 Å². The van der Waals surface area contributed by atoms with Crippen molar-refractivity contribution in [2.24, 2.45) is 0 Å². The van der Waals surface area contributed by atoms with Crippen molar-refractivity contribution in [3.63, 3.8) is 0 Å². The number of hydrogen-bond acceptors (Lipinski definition) is 6. The van der Waals surface area contributed by atoms with Gasteiger partial charge in [-0.1, -0.05) is 0 Å². The standard InChI is InChI=1S/C24H22F2N6O3/c25-16-3-1-15(2-4-16)22(33)30-9-7-24(35,8-10-30)13-31-14-28-21-18(23(31)34)12-29-32(21)17-5-6-19(26)20(27)11-17/h1-6,11-12,14,35H,7-10,13,27H2. The first-order valence-electron chi connectivity index (χ1n) is 11.0. The van der Waals surface area contributed by atoms with Gasteiger partial charge in [0.25, 0.3) is 11.5 Å². The second-order valence-corrected chi connectivity index (χ2v) is 8.70. The van der Waals surface area contributed by atoms with E-state index in [1.807, 2.05) is 0 Å². The molecule has 0 unspecified atom stereocenters. The largest absolute Gasteiger partial charge is 0.396 e. The van der Waals surface area contributed by atoms with Crippen LogP contribution in [0.25, 0.3) is 16.7 Å². The van der Waals surface area contributed by atoms with Gasteiger partial charge in [0.1, 0.15) is 23.3 Å². The van der Waals surface area contributed by atoms with Crippen molar-refractivity contribution in [2.75, 3.05) is 18.8 Å². The number of carbonyl (C=O) groups is 1. The van der Waals surface area contributed by atoms with Gasteiger partial charge in [-0.25, -0.2) is 18.4 Å². The van der Waals surface area contributed by atoms with E-state index in [1.165, 1.54) is 64.2 Å². The number of amides is 1. The van der Waals surface area contributed by atoms with Gasteiger partial charge in [-0.15, -0.1) is 0 Å². The number of aromatic nitrogens is 4. The highest BCUT2D eigenvalue weighted by molar-refractivity contribution is 5.94. The normalized spacial score (nSPS) is 15.5. The van der Waals surface area contributed by atoms with Gasteiger partial charge in [-0.05, 0) is 55.3 Å². The minimum absolute atomic E-state index is 0.00201. The zero-order valence-corrected chi connectivity index (χ0v) is 18.6. The van der Waals surface area contributed by atoms with E-state index in [0.29, 0.717) is 24.3 Å². The van der Waals surface area contributed by atoms with E-state index in [1.54, 1.807) is 4.90 Å². The van der Waals surface area contributed by atoms with Crippen LogP contribution in [-0.4, -0.2) is 53.9 Å². The molecule has 0 spiro atoms. The quantitative estimate of drug-likeness (QED) is 0.432. The summed E-state index contributed by atoms with van der Waals surface area (Å²) >= 11 is 0. The summed E-state index contributed by atoms with van der Waals surface area (Å²) in [5.74, 6) is -1.21. The molecule has 1 aliphatic heterocycles. The molecule has 4 aromatic rings. The minimum Gasteiger partial charge on any atom is -0.396 e. The zero-order valence-electron chi connectivity index (χ0n) is 18.6. The Morgan fingerprint density at radius 3 is 2.51 bits per heavy atom. The maximum absolute atomic E-state index is 13.5. The molecule has 5 rings (SSSR count). The van der Waals surface area contributed by atoms with E-state index in [0.717, 1.165) is 0 Å². The first-order chi connectivity index (χ1) is 16.7. The van der Waals surface area contributed by atoms with Crippen LogP contribution in [0.1, 0.15) is 23.2 Å². The third-order valence-corrected chi connectivity index (χ3v) is 6.32. The molecule has 1 saturated heterocycles. The Balaban J connectivity index is 1.33. The number of piperidine rings is 1. The topological polar surface area (TPSA) is 119 Å². The number of fused-ring (bicyclic) bond motifs is 1. The number of halogens is 2. The number of anilines is 1. The Morgan fingerprint density at radius 2 is 1.83 bits per heavy atom. The summed E-state index contributed by atoms with van der Waals surface area (Å²) in [6.07, 6.45) is 3.23. The van der Waals surface area contributed by atoms with E-state index in [2.05, 4.69) is 10.1 Å². The molecule has 1 amide bonds. The number of likely N-dealkylation sites (tertiary alicyclic amines) is 1. The average Bonchev–Trinajstić information content (AvgIpc) is 3.28. The van der Waals surface area contributed by atoms with Gasteiger partial charge in [-0.3, -0.25) is 14.2 Å². The summed E-state index contributed by atoms with van der Waals surface area (Å²) in [5.41, 5.74) is 5.12. The molecule has 9 nitrogen and oxygen atoms in total. The Hall–Kier alpha value is -4.12. The molecule has 35 heavy (non-hydrogen) atoms. The lowest BCUT2D eigenvalue weighted by atomic mass is 9.91. The lowest BCUT2D eigenvalue weighted by Gasteiger charge is -2.38. The Kier molecular flexibility index (Phi) is 5.56. The Bertz CT molecular complexity index is 1470. The third-order valence-electron chi connectivity index (χ3n) is 6.32. The summed E-state index contributed by atoms with van der Waals surface area (Å²) < 4.78 is 29.4. The molecular weight excluding hydrogens is 458 g/mol. The summed E-state index contributed by atoms with van der Waals surface area (Å²) in [6, 6.07) is 9.42. The van der Waals surface area contributed by atoms with Crippen LogP contribution in [0.2, 0.25) is 0 Å². The van der Waals surface area contributed by atoms with Gasteiger partial charge in [0.05, 0.1) is 29.7 Å². The van der Waals surface area contributed by atoms with Gasteiger partial charge >= 0.3 is 0 Å². The average molecular weight is 480 g/mol. The van der Waals surface area contributed by atoms with Crippen LogP contribution in [0.4, 0.5) is 14.5 Å². The van der Waals surface area contributed by atoms with Crippen LogP contribution in [-0.2, 0) is 6.54 Å². The number of rotatable bonds is 4.